The second-order valence-electron chi connectivity index (χ2n) is 3.24. The van der Waals surface area contributed by atoms with Crippen LogP contribution in [-0.4, -0.2) is 29.7 Å². The molecule has 0 saturated carbocycles. The van der Waals surface area contributed by atoms with Crippen molar-refractivity contribution in [3.63, 3.8) is 0 Å². The Labute approximate surface area is 92.9 Å². The van der Waals surface area contributed by atoms with Gasteiger partial charge in [-0.15, -0.1) is 0 Å². The first kappa shape index (κ1) is 12.2. The summed E-state index contributed by atoms with van der Waals surface area (Å²) >= 11 is 0. The summed E-state index contributed by atoms with van der Waals surface area (Å²) in [4.78, 5) is 22.9. The molecule has 1 atom stereocenters. The molecule has 0 aliphatic heterocycles. The lowest BCUT2D eigenvalue weighted by Crippen LogP contribution is -2.39. The highest BCUT2D eigenvalue weighted by molar-refractivity contribution is 5.97. The average molecular weight is 226 g/mol. The summed E-state index contributed by atoms with van der Waals surface area (Å²) in [6.45, 7) is 5.16. The number of nitrogens with zero attached hydrogens (tertiary/aromatic N) is 1. The van der Waals surface area contributed by atoms with Gasteiger partial charge >= 0.3 is 5.97 Å². The van der Waals surface area contributed by atoms with E-state index >= 15 is 0 Å². The first-order chi connectivity index (χ1) is 7.56. The van der Waals surface area contributed by atoms with Crippen LogP contribution in [0.5, 0.6) is 0 Å². The number of ether oxygens (including phenoxy) is 1. The van der Waals surface area contributed by atoms with Crippen molar-refractivity contribution in [1.29, 1.82) is 0 Å². The summed E-state index contributed by atoms with van der Waals surface area (Å²) in [7, 11) is 0. The fourth-order valence-corrected chi connectivity index (χ4v) is 1.12. The van der Waals surface area contributed by atoms with Crippen LogP contribution in [-0.2, 0) is 9.53 Å². The van der Waals surface area contributed by atoms with Crippen molar-refractivity contribution in [1.82, 2.24) is 10.5 Å². The summed E-state index contributed by atoms with van der Waals surface area (Å²) in [5.74, 6) is -0.460. The Bertz CT molecular complexity index is 386. The van der Waals surface area contributed by atoms with Crippen LogP contribution >= 0.6 is 0 Å². The topological polar surface area (TPSA) is 81.4 Å². The Balaban J connectivity index is 2.58. The van der Waals surface area contributed by atoms with E-state index < -0.39 is 17.9 Å². The van der Waals surface area contributed by atoms with Crippen LogP contribution in [0.1, 0.15) is 30.0 Å². The molecule has 0 spiro atoms. The third-order valence-corrected chi connectivity index (χ3v) is 1.98. The molecule has 1 amide bonds. The van der Waals surface area contributed by atoms with Crippen molar-refractivity contribution in [2.75, 3.05) is 6.61 Å². The molecule has 0 aromatic carbocycles. The molecule has 1 heterocycles. The summed E-state index contributed by atoms with van der Waals surface area (Å²) in [6.07, 6.45) is 1.31. The van der Waals surface area contributed by atoms with Crippen molar-refractivity contribution < 1.29 is 18.8 Å². The number of carbonyl (C=O) groups excluding carboxylic acids is 2. The van der Waals surface area contributed by atoms with Crippen LogP contribution in [0, 0.1) is 6.92 Å². The highest BCUT2D eigenvalue weighted by Crippen LogP contribution is 2.05. The highest BCUT2D eigenvalue weighted by atomic mass is 16.5. The lowest BCUT2D eigenvalue weighted by Gasteiger charge is -2.11. The first-order valence-electron chi connectivity index (χ1n) is 4.95. The highest BCUT2D eigenvalue weighted by Gasteiger charge is 2.20. The maximum absolute atomic E-state index is 11.6. The van der Waals surface area contributed by atoms with Gasteiger partial charge in [-0.2, -0.15) is 0 Å². The van der Waals surface area contributed by atoms with E-state index in [1.54, 1.807) is 20.8 Å². The molecule has 1 unspecified atom stereocenters. The number of hydrogen-bond acceptors (Lipinski definition) is 5. The number of carbonyl (C=O) groups is 2. The number of nitrogens with one attached hydrogen (secondary N) is 1. The summed E-state index contributed by atoms with van der Waals surface area (Å²) < 4.78 is 9.51. The van der Waals surface area contributed by atoms with Gasteiger partial charge in [0.15, 0.2) is 0 Å². The number of amides is 1. The Hall–Kier alpha value is -1.85. The molecule has 0 saturated heterocycles. The molecule has 1 N–H and O–H groups in total. The number of aryl methyl sites for hydroxylation is 1. The van der Waals surface area contributed by atoms with Gasteiger partial charge in [0, 0.05) is 0 Å². The third kappa shape index (κ3) is 2.82. The molecule has 1 rings (SSSR count). The minimum atomic E-state index is -0.693. The van der Waals surface area contributed by atoms with Crippen molar-refractivity contribution in [2.24, 2.45) is 0 Å². The van der Waals surface area contributed by atoms with Gasteiger partial charge in [0.05, 0.1) is 12.8 Å². The van der Waals surface area contributed by atoms with Crippen LogP contribution in [0.2, 0.25) is 0 Å². The van der Waals surface area contributed by atoms with Gasteiger partial charge in [-0.3, -0.25) is 4.79 Å². The zero-order chi connectivity index (χ0) is 12.1. The maximum Gasteiger partial charge on any atom is 0.328 e. The minimum absolute atomic E-state index is 0.283. The van der Waals surface area contributed by atoms with E-state index in [0.717, 1.165) is 0 Å². The predicted octanol–water partition coefficient (Wildman–Crippen LogP) is 0.664. The SMILES string of the molecule is CCOC(=O)C(C)NC(=O)c1cnoc1C. The summed E-state index contributed by atoms with van der Waals surface area (Å²) in [6, 6.07) is -0.693. The monoisotopic (exact) mass is 226 g/mol. The van der Waals surface area contributed by atoms with E-state index in [1.165, 1.54) is 6.20 Å². The predicted molar refractivity (Wildman–Crippen MR) is 54.8 cm³/mol. The molecule has 0 fully saturated rings. The van der Waals surface area contributed by atoms with E-state index in [0.29, 0.717) is 11.3 Å². The Morgan fingerprint density at radius 3 is 2.81 bits per heavy atom. The molecular weight excluding hydrogens is 212 g/mol. The number of hydrogen-bond donors (Lipinski definition) is 1. The standard InChI is InChI=1S/C10H14N2O4/c1-4-15-10(14)6(2)12-9(13)8-5-11-16-7(8)3/h5-6H,4H2,1-3H3,(H,12,13). The van der Waals surface area contributed by atoms with Gasteiger partial charge in [0.1, 0.15) is 17.4 Å². The van der Waals surface area contributed by atoms with Crippen molar-refractivity contribution >= 4 is 11.9 Å². The zero-order valence-corrected chi connectivity index (χ0v) is 9.44. The van der Waals surface area contributed by atoms with Gasteiger partial charge < -0.3 is 14.6 Å². The first-order valence-corrected chi connectivity index (χ1v) is 4.95. The van der Waals surface area contributed by atoms with Gasteiger partial charge in [-0.1, -0.05) is 5.16 Å². The van der Waals surface area contributed by atoms with E-state index in [2.05, 4.69) is 10.5 Å². The van der Waals surface area contributed by atoms with Crippen LogP contribution < -0.4 is 5.32 Å². The smallest absolute Gasteiger partial charge is 0.328 e. The van der Waals surface area contributed by atoms with Gasteiger partial charge in [0.25, 0.3) is 5.91 Å². The normalized spacial score (nSPS) is 11.9. The van der Waals surface area contributed by atoms with Crippen LogP contribution in [0.25, 0.3) is 0 Å². The van der Waals surface area contributed by atoms with Crippen molar-refractivity contribution in [3.8, 4) is 0 Å². The fourth-order valence-electron chi connectivity index (χ4n) is 1.12. The molecule has 0 bridgehead atoms. The van der Waals surface area contributed by atoms with Gasteiger partial charge in [-0.05, 0) is 20.8 Å². The Morgan fingerprint density at radius 1 is 1.62 bits per heavy atom. The molecule has 0 radical (unpaired) electrons. The van der Waals surface area contributed by atoms with E-state index in [4.69, 9.17) is 9.26 Å². The number of rotatable bonds is 4. The summed E-state index contributed by atoms with van der Waals surface area (Å²) in [5.41, 5.74) is 0.316. The average Bonchev–Trinajstić information content (AvgIpc) is 2.64. The van der Waals surface area contributed by atoms with E-state index in [9.17, 15) is 9.59 Å². The fraction of sp³-hybridized carbons (Fsp3) is 0.500. The Morgan fingerprint density at radius 2 is 2.31 bits per heavy atom. The largest absolute Gasteiger partial charge is 0.464 e. The molecule has 6 heteroatoms. The van der Waals surface area contributed by atoms with E-state index in [-0.39, 0.29) is 6.61 Å². The maximum atomic E-state index is 11.6. The molecule has 0 aliphatic carbocycles. The quantitative estimate of drug-likeness (QED) is 0.763. The van der Waals surface area contributed by atoms with Gasteiger partial charge in [-0.25, -0.2) is 4.79 Å². The van der Waals surface area contributed by atoms with Crippen LogP contribution in [0.4, 0.5) is 0 Å². The molecule has 88 valence electrons. The lowest BCUT2D eigenvalue weighted by atomic mass is 10.2. The molecular formula is C10H14N2O4. The molecule has 0 aliphatic rings. The summed E-state index contributed by atoms with van der Waals surface area (Å²) in [5, 5.41) is 5.97. The molecule has 1 aromatic heterocycles. The van der Waals surface area contributed by atoms with Crippen LogP contribution in [0.15, 0.2) is 10.7 Å². The molecule has 1 aromatic rings. The van der Waals surface area contributed by atoms with Gasteiger partial charge in [0.2, 0.25) is 0 Å². The second kappa shape index (κ2) is 5.29. The second-order valence-corrected chi connectivity index (χ2v) is 3.24. The lowest BCUT2D eigenvalue weighted by molar-refractivity contribution is -0.144. The van der Waals surface area contributed by atoms with Crippen molar-refractivity contribution in [3.05, 3.63) is 17.5 Å². The third-order valence-electron chi connectivity index (χ3n) is 1.98. The van der Waals surface area contributed by atoms with Crippen LogP contribution in [0.3, 0.4) is 0 Å². The molecule has 16 heavy (non-hydrogen) atoms. The minimum Gasteiger partial charge on any atom is -0.464 e. The number of esters is 1. The van der Waals surface area contributed by atoms with Crippen molar-refractivity contribution in [2.45, 2.75) is 26.8 Å². The van der Waals surface area contributed by atoms with E-state index in [1.807, 2.05) is 0 Å². The zero-order valence-electron chi connectivity index (χ0n) is 9.44. The number of aromatic nitrogens is 1. The molecule has 6 nitrogen and oxygen atoms in total. The Kier molecular flexibility index (Phi) is 4.04.